The van der Waals surface area contributed by atoms with Crippen molar-refractivity contribution in [2.45, 2.75) is 18.9 Å². The number of rotatable bonds is 7. The van der Waals surface area contributed by atoms with E-state index in [1.807, 2.05) is 12.1 Å². The molecular weight excluding hydrogens is 422 g/mol. The lowest BCUT2D eigenvalue weighted by Gasteiger charge is -2.12. The molecule has 1 aliphatic heterocycles. The van der Waals surface area contributed by atoms with Crippen LogP contribution in [0.15, 0.2) is 46.9 Å². The maximum absolute atomic E-state index is 12.0. The fourth-order valence-corrected chi connectivity index (χ4v) is 3.33. The minimum absolute atomic E-state index is 0.0997. The summed E-state index contributed by atoms with van der Waals surface area (Å²) in [7, 11) is 0. The maximum atomic E-state index is 12.0. The van der Waals surface area contributed by atoms with Crippen molar-refractivity contribution in [3.8, 4) is 11.5 Å². The maximum Gasteiger partial charge on any atom is 0.262 e. The average Bonchev–Trinajstić information content (AvgIpc) is 3.14. The number of amides is 1. The highest BCUT2D eigenvalue weighted by molar-refractivity contribution is 9.10. The van der Waals surface area contributed by atoms with Gasteiger partial charge in [-0.2, -0.15) is 0 Å². The van der Waals surface area contributed by atoms with Crippen molar-refractivity contribution in [2.75, 3.05) is 25.1 Å². The molecule has 0 aromatic heterocycles. The van der Waals surface area contributed by atoms with E-state index in [9.17, 15) is 4.79 Å². The van der Waals surface area contributed by atoms with Crippen molar-refractivity contribution < 1.29 is 19.0 Å². The van der Waals surface area contributed by atoms with Crippen molar-refractivity contribution in [2.24, 2.45) is 0 Å². The van der Waals surface area contributed by atoms with Gasteiger partial charge in [-0.15, -0.1) is 0 Å². The molecule has 0 unspecified atom stereocenters. The van der Waals surface area contributed by atoms with Crippen LogP contribution in [0.5, 0.6) is 11.5 Å². The lowest BCUT2D eigenvalue weighted by Crippen LogP contribution is -2.20. The summed E-state index contributed by atoms with van der Waals surface area (Å²) < 4.78 is 17.4. The molecule has 7 heteroatoms. The Balaban J connectivity index is 1.44. The van der Waals surface area contributed by atoms with Gasteiger partial charge in [0.1, 0.15) is 18.1 Å². The first-order chi connectivity index (χ1) is 12.6. The Kier molecular flexibility index (Phi) is 6.77. The average molecular weight is 441 g/mol. The van der Waals surface area contributed by atoms with Crippen LogP contribution in [0, 0.1) is 0 Å². The molecule has 26 heavy (non-hydrogen) atoms. The van der Waals surface area contributed by atoms with E-state index in [1.165, 1.54) is 0 Å². The molecule has 2 aromatic rings. The molecule has 3 rings (SSSR count). The molecule has 1 amide bonds. The summed E-state index contributed by atoms with van der Waals surface area (Å²) in [6, 6.07) is 12.4. The number of benzene rings is 2. The van der Waals surface area contributed by atoms with E-state index in [0.717, 1.165) is 25.2 Å². The van der Waals surface area contributed by atoms with Crippen LogP contribution in [0.4, 0.5) is 5.69 Å². The normalized spacial score (nSPS) is 16.3. The van der Waals surface area contributed by atoms with Gasteiger partial charge in [-0.1, -0.05) is 11.6 Å². The zero-order valence-corrected chi connectivity index (χ0v) is 16.4. The van der Waals surface area contributed by atoms with Crippen LogP contribution in [0.1, 0.15) is 12.8 Å². The van der Waals surface area contributed by atoms with Gasteiger partial charge in [-0.25, -0.2) is 0 Å². The van der Waals surface area contributed by atoms with Crippen LogP contribution in [0.2, 0.25) is 5.02 Å². The number of carbonyl (C=O) groups is 1. The zero-order chi connectivity index (χ0) is 18.4. The first-order valence-corrected chi connectivity index (χ1v) is 9.49. The Bertz CT molecular complexity index is 748. The summed E-state index contributed by atoms with van der Waals surface area (Å²) in [4.78, 5) is 12.0. The van der Waals surface area contributed by atoms with Crippen molar-refractivity contribution in [3.05, 3.63) is 52.0 Å². The summed E-state index contributed by atoms with van der Waals surface area (Å²) in [6.07, 6.45) is 2.31. The molecule has 1 saturated heterocycles. The van der Waals surface area contributed by atoms with Gasteiger partial charge in [-0.3, -0.25) is 4.79 Å². The minimum atomic E-state index is -0.250. The highest BCUT2D eigenvalue weighted by Crippen LogP contribution is 2.28. The first kappa shape index (κ1) is 19.0. The molecular formula is C19H19BrClNO4. The van der Waals surface area contributed by atoms with Gasteiger partial charge in [0.15, 0.2) is 6.61 Å². The van der Waals surface area contributed by atoms with Gasteiger partial charge in [0.2, 0.25) is 0 Å². The van der Waals surface area contributed by atoms with Crippen molar-refractivity contribution >= 4 is 39.1 Å². The fourth-order valence-electron chi connectivity index (χ4n) is 2.53. The van der Waals surface area contributed by atoms with Gasteiger partial charge in [-0.05, 0) is 71.2 Å². The van der Waals surface area contributed by atoms with Crippen LogP contribution in [-0.4, -0.2) is 31.8 Å². The Hall–Kier alpha value is -1.76. The number of halogens is 2. The summed E-state index contributed by atoms with van der Waals surface area (Å²) in [5.41, 5.74) is 0.679. The number of carbonyl (C=O) groups excluding carboxylic acids is 1. The molecule has 1 fully saturated rings. The van der Waals surface area contributed by atoms with Crippen molar-refractivity contribution in [1.82, 2.24) is 0 Å². The highest BCUT2D eigenvalue weighted by Gasteiger charge is 2.16. The summed E-state index contributed by atoms with van der Waals surface area (Å²) >= 11 is 9.22. The molecule has 0 saturated carbocycles. The molecule has 1 aliphatic rings. The zero-order valence-electron chi connectivity index (χ0n) is 14.0. The molecule has 0 aliphatic carbocycles. The van der Waals surface area contributed by atoms with Gasteiger partial charge in [0, 0.05) is 17.3 Å². The van der Waals surface area contributed by atoms with E-state index in [4.69, 9.17) is 25.8 Å². The highest BCUT2D eigenvalue weighted by atomic mass is 79.9. The third-order valence-electron chi connectivity index (χ3n) is 3.85. The topological polar surface area (TPSA) is 56.8 Å². The number of hydrogen-bond acceptors (Lipinski definition) is 4. The summed E-state index contributed by atoms with van der Waals surface area (Å²) in [5.74, 6) is 1.06. The molecule has 1 atom stereocenters. The largest absolute Gasteiger partial charge is 0.491 e. The summed E-state index contributed by atoms with van der Waals surface area (Å²) in [5, 5.41) is 3.37. The standard InChI is InChI=1S/C19H19BrClNO4/c20-17-10-13(21)3-8-18(17)26-12-19(23)22-14-4-6-15(7-5-14)25-11-16-2-1-9-24-16/h3-8,10,16H,1-2,9,11-12H2,(H,22,23)/t16-/m1/s1. The minimum Gasteiger partial charge on any atom is -0.491 e. The monoisotopic (exact) mass is 439 g/mol. The molecule has 5 nitrogen and oxygen atoms in total. The second-order valence-electron chi connectivity index (χ2n) is 5.88. The smallest absolute Gasteiger partial charge is 0.262 e. The van der Waals surface area contributed by atoms with E-state index in [1.54, 1.807) is 30.3 Å². The van der Waals surface area contributed by atoms with Gasteiger partial charge in [0.25, 0.3) is 5.91 Å². The third-order valence-corrected chi connectivity index (χ3v) is 4.71. The predicted octanol–water partition coefficient (Wildman–Crippen LogP) is 4.68. The molecule has 1 N–H and O–H groups in total. The molecule has 2 aromatic carbocycles. The van der Waals surface area contributed by atoms with Crippen LogP contribution < -0.4 is 14.8 Å². The molecule has 138 valence electrons. The Labute approximate surface area is 165 Å². The van der Waals surface area contributed by atoms with Crippen LogP contribution >= 0.6 is 27.5 Å². The van der Waals surface area contributed by atoms with Gasteiger partial charge >= 0.3 is 0 Å². The van der Waals surface area contributed by atoms with Gasteiger partial charge in [0.05, 0.1) is 10.6 Å². The van der Waals surface area contributed by atoms with Crippen LogP contribution in [0.3, 0.4) is 0 Å². The second kappa shape index (κ2) is 9.26. The molecule has 1 heterocycles. The van der Waals surface area contributed by atoms with E-state index in [0.29, 0.717) is 27.5 Å². The fraction of sp³-hybridized carbons (Fsp3) is 0.316. The van der Waals surface area contributed by atoms with Crippen LogP contribution in [0.25, 0.3) is 0 Å². The lowest BCUT2D eigenvalue weighted by atomic mass is 10.2. The van der Waals surface area contributed by atoms with Crippen molar-refractivity contribution in [3.63, 3.8) is 0 Å². The van der Waals surface area contributed by atoms with E-state index in [-0.39, 0.29) is 18.6 Å². The molecule has 0 bridgehead atoms. The lowest BCUT2D eigenvalue weighted by molar-refractivity contribution is -0.118. The first-order valence-electron chi connectivity index (χ1n) is 8.32. The van der Waals surface area contributed by atoms with E-state index >= 15 is 0 Å². The predicted molar refractivity (Wildman–Crippen MR) is 104 cm³/mol. The molecule has 0 spiro atoms. The third kappa shape index (κ3) is 5.62. The van der Waals surface area contributed by atoms with Crippen LogP contribution in [-0.2, 0) is 9.53 Å². The Morgan fingerprint density at radius 1 is 1.23 bits per heavy atom. The quantitative estimate of drug-likeness (QED) is 0.679. The van der Waals surface area contributed by atoms with Crippen molar-refractivity contribution in [1.29, 1.82) is 0 Å². The number of hydrogen-bond donors (Lipinski definition) is 1. The van der Waals surface area contributed by atoms with E-state index in [2.05, 4.69) is 21.2 Å². The molecule has 0 radical (unpaired) electrons. The number of ether oxygens (including phenoxy) is 3. The van der Waals surface area contributed by atoms with E-state index < -0.39 is 0 Å². The SMILES string of the molecule is O=C(COc1ccc(Cl)cc1Br)Nc1ccc(OC[C@H]2CCCO2)cc1. The summed E-state index contributed by atoms with van der Waals surface area (Å²) in [6.45, 7) is 1.26. The number of nitrogens with one attached hydrogen (secondary N) is 1. The van der Waals surface area contributed by atoms with Gasteiger partial charge < -0.3 is 19.5 Å². The number of anilines is 1. The Morgan fingerprint density at radius 2 is 2.04 bits per heavy atom. The second-order valence-corrected chi connectivity index (χ2v) is 7.17. The Morgan fingerprint density at radius 3 is 2.73 bits per heavy atom.